The van der Waals surface area contributed by atoms with Crippen molar-refractivity contribution in [3.8, 4) is 6.07 Å². The second-order valence-corrected chi connectivity index (χ2v) is 3.09. The van der Waals surface area contributed by atoms with Gasteiger partial charge in [0.2, 0.25) is 0 Å². The Labute approximate surface area is 77.4 Å². The molecule has 4 nitrogen and oxygen atoms in total. The van der Waals surface area contributed by atoms with E-state index in [0.29, 0.717) is 6.42 Å². The summed E-state index contributed by atoms with van der Waals surface area (Å²) in [6.07, 6.45) is 2.20. The van der Waals surface area contributed by atoms with E-state index in [1.807, 2.05) is 18.2 Å². The van der Waals surface area contributed by atoms with Crippen LogP contribution in [0.2, 0.25) is 0 Å². The summed E-state index contributed by atoms with van der Waals surface area (Å²) < 4.78 is 0. The van der Waals surface area contributed by atoms with Crippen LogP contribution in [-0.4, -0.2) is 10.5 Å². The summed E-state index contributed by atoms with van der Waals surface area (Å²) in [6.45, 7) is 1.74. The van der Waals surface area contributed by atoms with Gasteiger partial charge < -0.3 is 0 Å². The van der Waals surface area contributed by atoms with Crippen LogP contribution in [0.3, 0.4) is 0 Å². The molecule has 13 heavy (non-hydrogen) atoms. The predicted molar refractivity (Wildman–Crippen MR) is 49.3 cm³/mol. The Hall–Kier alpha value is -1.44. The molecule has 0 aliphatic carbocycles. The van der Waals surface area contributed by atoms with E-state index in [0.717, 1.165) is 5.69 Å². The molecule has 0 saturated heterocycles. The van der Waals surface area contributed by atoms with E-state index in [4.69, 9.17) is 11.1 Å². The highest BCUT2D eigenvalue weighted by molar-refractivity contribution is 5.14. The van der Waals surface area contributed by atoms with Gasteiger partial charge in [-0.15, -0.1) is 0 Å². The smallest absolute Gasteiger partial charge is 0.121 e. The molecule has 0 bridgehead atoms. The van der Waals surface area contributed by atoms with Crippen LogP contribution in [0, 0.1) is 11.3 Å². The molecule has 0 aliphatic rings. The zero-order valence-corrected chi connectivity index (χ0v) is 7.49. The van der Waals surface area contributed by atoms with Crippen LogP contribution in [0.1, 0.15) is 12.6 Å². The lowest BCUT2D eigenvalue weighted by Gasteiger charge is -2.19. The Morgan fingerprint density at radius 1 is 1.69 bits per heavy atom. The maximum absolute atomic E-state index is 8.83. The minimum absolute atomic E-state index is 0.501. The third-order valence-electron chi connectivity index (χ3n) is 1.83. The van der Waals surface area contributed by atoms with Crippen molar-refractivity contribution in [2.24, 2.45) is 5.84 Å². The summed E-state index contributed by atoms with van der Waals surface area (Å²) in [7, 11) is 0. The molecule has 0 spiro atoms. The van der Waals surface area contributed by atoms with Crippen LogP contribution in [0.5, 0.6) is 0 Å². The average Bonchev–Trinajstić information content (AvgIpc) is 2.19. The monoisotopic (exact) mass is 176 g/mol. The van der Waals surface area contributed by atoms with E-state index in [1.165, 1.54) is 0 Å². The van der Waals surface area contributed by atoms with Crippen molar-refractivity contribution in [2.75, 3.05) is 0 Å². The number of nitrogens with one attached hydrogen (secondary N) is 1. The van der Waals surface area contributed by atoms with Gasteiger partial charge in [-0.25, -0.2) is 5.43 Å². The Balaban J connectivity index is 2.75. The maximum atomic E-state index is 8.83. The molecule has 4 heteroatoms. The topological polar surface area (TPSA) is 74.7 Å². The van der Waals surface area contributed by atoms with Crippen molar-refractivity contribution in [1.82, 2.24) is 10.4 Å². The molecule has 1 rings (SSSR count). The molecule has 0 amide bonds. The molecule has 0 aliphatic heterocycles. The number of hydrazine groups is 1. The fraction of sp³-hybridized carbons (Fsp3) is 0.333. The van der Waals surface area contributed by atoms with Gasteiger partial charge in [-0.3, -0.25) is 10.8 Å². The lowest BCUT2D eigenvalue weighted by atomic mass is 9.98. The molecule has 0 aromatic carbocycles. The molecule has 1 aromatic heterocycles. The van der Waals surface area contributed by atoms with Crippen LogP contribution >= 0.6 is 0 Å². The molecule has 3 N–H and O–H groups in total. The Bertz CT molecular complexity index is 303. The van der Waals surface area contributed by atoms with Crippen molar-refractivity contribution in [1.29, 1.82) is 5.26 Å². The van der Waals surface area contributed by atoms with E-state index in [-0.39, 0.29) is 0 Å². The van der Waals surface area contributed by atoms with Gasteiger partial charge >= 0.3 is 0 Å². The summed E-state index contributed by atoms with van der Waals surface area (Å²) in [5, 5.41) is 8.83. The first-order chi connectivity index (χ1) is 6.20. The number of pyridine rings is 1. The van der Waals surface area contributed by atoms with Crippen LogP contribution in [0.25, 0.3) is 0 Å². The van der Waals surface area contributed by atoms with Crippen LogP contribution in [0.15, 0.2) is 24.4 Å². The number of nitriles is 1. The fourth-order valence-electron chi connectivity index (χ4n) is 0.988. The molecular formula is C9H12N4. The van der Waals surface area contributed by atoms with E-state index in [1.54, 1.807) is 13.1 Å². The SMILES string of the molecule is CC(C#N)(Cc1ccccn1)NN. The van der Waals surface area contributed by atoms with Gasteiger partial charge in [-0.1, -0.05) is 6.07 Å². The van der Waals surface area contributed by atoms with E-state index >= 15 is 0 Å². The van der Waals surface area contributed by atoms with E-state index in [2.05, 4.69) is 16.5 Å². The first-order valence-electron chi connectivity index (χ1n) is 3.99. The molecule has 0 fully saturated rings. The largest absolute Gasteiger partial charge is 0.270 e. The Morgan fingerprint density at radius 2 is 2.46 bits per heavy atom. The molecule has 1 heterocycles. The van der Waals surface area contributed by atoms with Crippen molar-refractivity contribution in [2.45, 2.75) is 18.9 Å². The first-order valence-corrected chi connectivity index (χ1v) is 3.99. The van der Waals surface area contributed by atoms with Crippen LogP contribution in [0.4, 0.5) is 0 Å². The number of hydrogen-bond donors (Lipinski definition) is 2. The quantitative estimate of drug-likeness (QED) is 0.515. The van der Waals surface area contributed by atoms with Crippen molar-refractivity contribution in [3.63, 3.8) is 0 Å². The molecule has 68 valence electrons. The Kier molecular flexibility index (Phi) is 2.96. The third-order valence-corrected chi connectivity index (χ3v) is 1.83. The average molecular weight is 176 g/mol. The van der Waals surface area contributed by atoms with Gasteiger partial charge in [0.05, 0.1) is 6.07 Å². The van der Waals surface area contributed by atoms with E-state index in [9.17, 15) is 0 Å². The zero-order chi connectivity index (χ0) is 9.73. The van der Waals surface area contributed by atoms with Crippen molar-refractivity contribution >= 4 is 0 Å². The highest BCUT2D eigenvalue weighted by Gasteiger charge is 2.22. The second-order valence-electron chi connectivity index (χ2n) is 3.09. The normalized spacial score (nSPS) is 14.5. The first kappa shape index (κ1) is 9.65. The molecule has 1 aromatic rings. The minimum atomic E-state index is -0.742. The van der Waals surface area contributed by atoms with Gasteiger partial charge in [0.1, 0.15) is 5.54 Å². The zero-order valence-electron chi connectivity index (χ0n) is 7.49. The third kappa shape index (κ3) is 2.51. The lowest BCUT2D eigenvalue weighted by molar-refractivity contribution is 0.453. The fourth-order valence-corrected chi connectivity index (χ4v) is 0.988. The van der Waals surface area contributed by atoms with Crippen molar-refractivity contribution in [3.05, 3.63) is 30.1 Å². The molecule has 1 unspecified atom stereocenters. The number of nitrogens with two attached hydrogens (primary N) is 1. The summed E-state index contributed by atoms with van der Waals surface area (Å²) in [6, 6.07) is 7.69. The number of aromatic nitrogens is 1. The number of hydrogen-bond acceptors (Lipinski definition) is 4. The highest BCUT2D eigenvalue weighted by atomic mass is 15.3. The van der Waals surface area contributed by atoms with Gasteiger partial charge in [0.15, 0.2) is 0 Å². The standard InChI is InChI=1S/C9H12N4/c1-9(7-10,13-11)6-8-4-2-3-5-12-8/h2-5,13H,6,11H2,1H3. The number of rotatable bonds is 3. The van der Waals surface area contributed by atoms with Gasteiger partial charge in [-0.2, -0.15) is 5.26 Å². The van der Waals surface area contributed by atoms with Crippen molar-refractivity contribution < 1.29 is 0 Å². The summed E-state index contributed by atoms with van der Waals surface area (Å²) in [5.41, 5.74) is 2.59. The molecular weight excluding hydrogens is 164 g/mol. The predicted octanol–water partition coefficient (Wildman–Crippen LogP) is 0.370. The minimum Gasteiger partial charge on any atom is -0.270 e. The molecule has 0 radical (unpaired) electrons. The van der Waals surface area contributed by atoms with Gasteiger partial charge in [0, 0.05) is 18.3 Å². The number of nitrogens with zero attached hydrogens (tertiary/aromatic N) is 2. The summed E-state index contributed by atoms with van der Waals surface area (Å²) >= 11 is 0. The highest BCUT2D eigenvalue weighted by Crippen LogP contribution is 2.08. The van der Waals surface area contributed by atoms with Gasteiger partial charge in [-0.05, 0) is 19.1 Å². The summed E-state index contributed by atoms with van der Waals surface area (Å²) in [5.74, 6) is 5.27. The second kappa shape index (κ2) is 3.99. The Morgan fingerprint density at radius 3 is 2.92 bits per heavy atom. The van der Waals surface area contributed by atoms with Gasteiger partial charge in [0.25, 0.3) is 0 Å². The lowest BCUT2D eigenvalue weighted by Crippen LogP contribution is -2.47. The van der Waals surface area contributed by atoms with Crippen LogP contribution < -0.4 is 11.3 Å². The molecule has 0 saturated carbocycles. The maximum Gasteiger partial charge on any atom is 0.121 e. The molecule has 1 atom stereocenters. The van der Waals surface area contributed by atoms with E-state index < -0.39 is 5.54 Å². The van der Waals surface area contributed by atoms with Crippen LogP contribution in [-0.2, 0) is 6.42 Å². The summed E-state index contributed by atoms with van der Waals surface area (Å²) in [4.78, 5) is 4.11.